The van der Waals surface area contributed by atoms with Gasteiger partial charge < -0.3 is 0 Å². The second-order valence-corrected chi connectivity index (χ2v) is 8.92. The molecule has 0 aliphatic carbocycles. The molecule has 35 heavy (non-hydrogen) atoms. The Balaban J connectivity index is 1.72. The van der Waals surface area contributed by atoms with Gasteiger partial charge in [-0.3, -0.25) is 9.59 Å². The van der Waals surface area contributed by atoms with Crippen LogP contribution in [0.15, 0.2) is 127 Å². The molecule has 0 saturated heterocycles. The fraction of sp³-hybridized carbons (Fsp3) is 0.152. The standard InChI is InChI=1S/C33H30O2/c34-31(23-21-27-13-5-1-6-14-27)33(25-29-17-9-3-10-18-29,26-30-19-11-4-12-20-30)32(35)24-22-28-15-7-2-8-16-28/h1-21,23H,22,24-26H2/b23-21+. The summed E-state index contributed by atoms with van der Waals surface area (Å²) in [7, 11) is 0. The third-order valence-corrected chi connectivity index (χ3v) is 6.41. The van der Waals surface area contributed by atoms with E-state index in [0.717, 1.165) is 22.3 Å². The number of carbonyl (C=O) groups is 2. The highest BCUT2D eigenvalue weighted by molar-refractivity contribution is 6.13. The van der Waals surface area contributed by atoms with Gasteiger partial charge in [-0.25, -0.2) is 0 Å². The van der Waals surface area contributed by atoms with Crippen LogP contribution in [0.4, 0.5) is 0 Å². The lowest BCUT2D eigenvalue weighted by Crippen LogP contribution is -2.43. The molecule has 0 amide bonds. The van der Waals surface area contributed by atoms with Crippen molar-refractivity contribution in [2.24, 2.45) is 5.41 Å². The Morgan fingerprint density at radius 2 is 1.00 bits per heavy atom. The van der Waals surface area contributed by atoms with E-state index in [-0.39, 0.29) is 11.6 Å². The fourth-order valence-corrected chi connectivity index (χ4v) is 4.50. The zero-order chi connectivity index (χ0) is 24.3. The molecular formula is C33H30O2. The molecule has 2 nitrogen and oxygen atoms in total. The van der Waals surface area contributed by atoms with Crippen molar-refractivity contribution < 1.29 is 9.59 Å². The highest BCUT2D eigenvalue weighted by atomic mass is 16.2. The van der Waals surface area contributed by atoms with Gasteiger partial charge in [0.1, 0.15) is 5.78 Å². The van der Waals surface area contributed by atoms with Gasteiger partial charge >= 0.3 is 0 Å². The van der Waals surface area contributed by atoms with Crippen LogP contribution in [0.3, 0.4) is 0 Å². The molecule has 174 valence electrons. The first-order chi connectivity index (χ1) is 17.2. The van der Waals surface area contributed by atoms with E-state index in [9.17, 15) is 9.59 Å². The van der Waals surface area contributed by atoms with E-state index in [0.29, 0.717) is 25.7 Å². The SMILES string of the molecule is O=C(/C=C/c1ccccc1)C(Cc1ccccc1)(Cc1ccccc1)C(=O)CCc1ccccc1. The predicted molar refractivity (Wildman–Crippen MR) is 143 cm³/mol. The van der Waals surface area contributed by atoms with Gasteiger partial charge in [0.25, 0.3) is 0 Å². The molecule has 0 aliphatic rings. The molecule has 0 aliphatic heterocycles. The molecule has 0 saturated carbocycles. The largest absolute Gasteiger partial charge is 0.299 e. The number of benzene rings is 4. The maximum Gasteiger partial charge on any atom is 0.169 e. The van der Waals surface area contributed by atoms with Crippen molar-refractivity contribution in [3.8, 4) is 0 Å². The van der Waals surface area contributed by atoms with Gasteiger partial charge in [0.05, 0.1) is 5.41 Å². The van der Waals surface area contributed by atoms with Gasteiger partial charge in [-0.2, -0.15) is 0 Å². The Morgan fingerprint density at radius 1 is 0.571 bits per heavy atom. The summed E-state index contributed by atoms with van der Waals surface area (Å²) in [5.74, 6) is -0.163. The lowest BCUT2D eigenvalue weighted by atomic mass is 9.68. The van der Waals surface area contributed by atoms with Crippen molar-refractivity contribution in [3.05, 3.63) is 150 Å². The fourth-order valence-electron chi connectivity index (χ4n) is 4.50. The zero-order valence-corrected chi connectivity index (χ0v) is 19.8. The van der Waals surface area contributed by atoms with Gasteiger partial charge in [-0.1, -0.05) is 127 Å². The lowest BCUT2D eigenvalue weighted by Gasteiger charge is -2.31. The van der Waals surface area contributed by atoms with E-state index in [1.165, 1.54) is 0 Å². The Labute approximate surface area is 208 Å². The van der Waals surface area contributed by atoms with Crippen LogP contribution in [0.2, 0.25) is 0 Å². The minimum atomic E-state index is -1.18. The number of aryl methyl sites for hydroxylation is 1. The molecule has 2 heteroatoms. The summed E-state index contributed by atoms with van der Waals surface area (Å²) in [6.45, 7) is 0. The first-order valence-corrected chi connectivity index (χ1v) is 12.1. The molecule has 4 aromatic carbocycles. The van der Waals surface area contributed by atoms with Crippen LogP contribution < -0.4 is 0 Å². The van der Waals surface area contributed by atoms with Crippen LogP contribution in [0.1, 0.15) is 28.7 Å². The van der Waals surface area contributed by atoms with E-state index >= 15 is 0 Å². The van der Waals surface area contributed by atoms with Crippen LogP contribution in [0.5, 0.6) is 0 Å². The summed E-state index contributed by atoms with van der Waals surface area (Å²) >= 11 is 0. The molecule has 0 radical (unpaired) electrons. The summed E-state index contributed by atoms with van der Waals surface area (Å²) in [5.41, 5.74) is 2.83. The van der Waals surface area contributed by atoms with Crippen LogP contribution in [-0.4, -0.2) is 11.6 Å². The molecule has 0 heterocycles. The van der Waals surface area contributed by atoms with Gasteiger partial charge in [-0.15, -0.1) is 0 Å². The Hall–Kier alpha value is -4.04. The number of Topliss-reactive ketones (excluding diaryl/α,β-unsaturated/α-hetero) is 1. The van der Waals surface area contributed by atoms with Gasteiger partial charge in [0, 0.05) is 6.42 Å². The van der Waals surface area contributed by atoms with Crippen molar-refractivity contribution in [2.75, 3.05) is 0 Å². The first kappa shape index (κ1) is 24.1. The van der Waals surface area contributed by atoms with E-state index in [1.807, 2.05) is 127 Å². The summed E-state index contributed by atoms with van der Waals surface area (Å²) in [6.07, 6.45) is 5.08. The average Bonchev–Trinajstić information content (AvgIpc) is 2.92. The average molecular weight is 459 g/mol. The predicted octanol–water partition coefficient (Wildman–Crippen LogP) is 6.94. The highest BCUT2D eigenvalue weighted by Crippen LogP contribution is 2.33. The minimum absolute atomic E-state index is 0.0169. The Kier molecular flexibility index (Phi) is 8.19. The van der Waals surface area contributed by atoms with Crippen LogP contribution in [0.25, 0.3) is 6.08 Å². The molecule has 0 fully saturated rings. The molecule has 4 rings (SSSR count). The van der Waals surface area contributed by atoms with E-state index in [1.54, 1.807) is 6.08 Å². The van der Waals surface area contributed by atoms with Crippen molar-refractivity contribution in [1.29, 1.82) is 0 Å². The summed E-state index contributed by atoms with van der Waals surface area (Å²) in [4.78, 5) is 28.0. The summed E-state index contributed by atoms with van der Waals surface area (Å²) in [6, 6.07) is 39.5. The second-order valence-electron chi connectivity index (χ2n) is 8.92. The number of hydrogen-bond donors (Lipinski definition) is 0. The maximum absolute atomic E-state index is 14.0. The summed E-state index contributed by atoms with van der Waals surface area (Å²) in [5, 5.41) is 0. The number of rotatable bonds is 11. The monoisotopic (exact) mass is 458 g/mol. The number of ketones is 2. The number of allylic oxidation sites excluding steroid dienone is 1. The van der Waals surface area contributed by atoms with Crippen molar-refractivity contribution in [2.45, 2.75) is 25.7 Å². The van der Waals surface area contributed by atoms with E-state index < -0.39 is 5.41 Å². The third kappa shape index (κ3) is 6.51. The van der Waals surface area contributed by atoms with Crippen LogP contribution >= 0.6 is 0 Å². The zero-order valence-electron chi connectivity index (χ0n) is 19.8. The number of carbonyl (C=O) groups excluding carboxylic acids is 2. The van der Waals surface area contributed by atoms with Crippen molar-refractivity contribution >= 4 is 17.6 Å². The van der Waals surface area contributed by atoms with Gasteiger partial charge in [0.15, 0.2) is 5.78 Å². The van der Waals surface area contributed by atoms with Crippen molar-refractivity contribution in [3.63, 3.8) is 0 Å². The minimum Gasteiger partial charge on any atom is -0.299 e. The van der Waals surface area contributed by atoms with Gasteiger partial charge in [-0.05, 0) is 47.6 Å². The molecule has 0 aromatic heterocycles. The summed E-state index contributed by atoms with van der Waals surface area (Å²) < 4.78 is 0. The molecule has 4 aromatic rings. The normalized spacial score (nSPS) is 11.4. The molecule has 0 unspecified atom stereocenters. The molecule has 0 spiro atoms. The Morgan fingerprint density at radius 3 is 1.49 bits per heavy atom. The quantitative estimate of drug-likeness (QED) is 0.180. The number of hydrogen-bond acceptors (Lipinski definition) is 2. The first-order valence-electron chi connectivity index (χ1n) is 12.1. The molecule has 0 N–H and O–H groups in total. The van der Waals surface area contributed by atoms with Crippen LogP contribution in [-0.2, 0) is 28.9 Å². The maximum atomic E-state index is 14.0. The third-order valence-electron chi connectivity index (χ3n) is 6.41. The molecular weight excluding hydrogens is 428 g/mol. The van der Waals surface area contributed by atoms with Crippen LogP contribution in [0, 0.1) is 5.41 Å². The molecule has 0 bridgehead atoms. The molecule has 0 atom stereocenters. The lowest BCUT2D eigenvalue weighted by molar-refractivity contribution is -0.138. The topological polar surface area (TPSA) is 34.1 Å². The van der Waals surface area contributed by atoms with E-state index in [2.05, 4.69) is 0 Å². The smallest absolute Gasteiger partial charge is 0.169 e. The van der Waals surface area contributed by atoms with Crippen molar-refractivity contribution in [1.82, 2.24) is 0 Å². The van der Waals surface area contributed by atoms with Gasteiger partial charge in [0.2, 0.25) is 0 Å². The second kappa shape index (κ2) is 11.9. The highest BCUT2D eigenvalue weighted by Gasteiger charge is 2.43. The van der Waals surface area contributed by atoms with E-state index in [4.69, 9.17) is 0 Å². The Bertz CT molecular complexity index is 1200.